The molecule has 2 aromatic carbocycles. The molecule has 0 bridgehead atoms. The Labute approximate surface area is 180 Å². The number of hydrogen-bond donors (Lipinski definition) is 1. The molecule has 1 fully saturated rings. The highest BCUT2D eigenvalue weighted by atomic mass is 79.9. The zero-order valence-corrected chi connectivity index (χ0v) is 18.7. The molecule has 2 amide bonds. The van der Waals surface area contributed by atoms with E-state index in [1.54, 1.807) is 7.05 Å². The second kappa shape index (κ2) is 9.09. The topological polar surface area (TPSA) is 58.6 Å². The highest BCUT2D eigenvalue weighted by Gasteiger charge is 2.43. The molecule has 29 heavy (non-hydrogen) atoms. The number of hydrogen-bond acceptors (Lipinski definition) is 3. The number of likely N-dealkylation sites (N-methyl/N-ethyl adjacent to an activating group) is 1. The van der Waals surface area contributed by atoms with E-state index in [0.717, 1.165) is 26.9 Å². The normalized spacial score (nSPS) is 15.6. The van der Waals surface area contributed by atoms with Gasteiger partial charge in [0.1, 0.15) is 0 Å². The summed E-state index contributed by atoms with van der Waals surface area (Å²) in [4.78, 5) is 27.7. The number of rotatable bonds is 5. The lowest BCUT2D eigenvalue weighted by molar-refractivity contribution is -0.142. The Bertz CT molecular complexity index is 869. The number of halogens is 1. The van der Waals surface area contributed by atoms with Gasteiger partial charge in [-0.2, -0.15) is 0 Å². The first-order chi connectivity index (χ1) is 13.8. The van der Waals surface area contributed by atoms with Crippen molar-refractivity contribution in [2.75, 3.05) is 32.1 Å². The molecule has 0 radical (unpaired) electrons. The minimum Gasteiger partial charge on any atom is -0.381 e. The van der Waals surface area contributed by atoms with E-state index in [4.69, 9.17) is 4.74 Å². The van der Waals surface area contributed by atoms with Crippen LogP contribution in [0.4, 0.5) is 5.69 Å². The van der Waals surface area contributed by atoms with Gasteiger partial charge in [0, 0.05) is 30.4 Å². The average molecular weight is 459 g/mol. The number of carbonyl (C=O) groups excluding carboxylic acids is 2. The van der Waals surface area contributed by atoms with Crippen molar-refractivity contribution in [1.82, 2.24) is 4.90 Å². The van der Waals surface area contributed by atoms with Crippen molar-refractivity contribution in [1.29, 1.82) is 0 Å². The van der Waals surface area contributed by atoms with Crippen molar-refractivity contribution in [2.24, 2.45) is 0 Å². The van der Waals surface area contributed by atoms with E-state index < -0.39 is 5.41 Å². The summed E-state index contributed by atoms with van der Waals surface area (Å²) in [6.45, 7) is 4.99. The van der Waals surface area contributed by atoms with Gasteiger partial charge in [-0.3, -0.25) is 9.59 Å². The highest BCUT2D eigenvalue weighted by molar-refractivity contribution is 9.10. The van der Waals surface area contributed by atoms with Crippen LogP contribution in [0.3, 0.4) is 0 Å². The van der Waals surface area contributed by atoms with E-state index in [0.29, 0.717) is 26.1 Å². The molecule has 1 aliphatic rings. The number of anilines is 1. The van der Waals surface area contributed by atoms with Crippen LogP contribution in [0, 0.1) is 13.8 Å². The molecule has 1 saturated heterocycles. The van der Waals surface area contributed by atoms with E-state index in [-0.39, 0.29) is 18.4 Å². The van der Waals surface area contributed by atoms with Crippen LogP contribution in [-0.2, 0) is 19.7 Å². The number of nitrogens with one attached hydrogen (secondary N) is 1. The summed E-state index contributed by atoms with van der Waals surface area (Å²) in [5, 5.41) is 2.96. The molecule has 6 heteroatoms. The van der Waals surface area contributed by atoms with Gasteiger partial charge >= 0.3 is 0 Å². The Morgan fingerprint density at radius 2 is 1.66 bits per heavy atom. The van der Waals surface area contributed by atoms with Crippen LogP contribution in [0.1, 0.15) is 29.5 Å². The highest BCUT2D eigenvalue weighted by Crippen LogP contribution is 2.37. The lowest BCUT2D eigenvalue weighted by atomic mass is 9.73. The number of nitrogens with zero attached hydrogens (tertiary/aromatic N) is 1. The van der Waals surface area contributed by atoms with Crippen molar-refractivity contribution in [3.63, 3.8) is 0 Å². The number of ether oxygens (including phenoxy) is 1. The van der Waals surface area contributed by atoms with Crippen LogP contribution in [0.5, 0.6) is 0 Å². The summed E-state index contributed by atoms with van der Waals surface area (Å²) in [7, 11) is 1.70. The molecule has 3 rings (SSSR count). The maximum atomic E-state index is 13.5. The van der Waals surface area contributed by atoms with Crippen molar-refractivity contribution in [3.8, 4) is 0 Å². The number of para-hydroxylation sites is 1. The van der Waals surface area contributed by atoms with Gasteiger partial charge in [0.15, 0.2) is 0 Å². The molecule has 0 aromatic heterocycles. The van der Waals surface area contributed by atoms with E-state index >= 15 is 0 Å². The van der Waals surface area contributed by atoms with Gasteiger partial charge in [0.2, 0.25) is 11.8 Å². The number of benzene rings is 2. The van der Waals surface area contributed by atoms with Gasteiger partial charge in [-0.1, -0.05) is 46.3 Å². The first-order valence-corrected chi connectivity index (χ1v) is 10.6. The van der Waals surface area contributed by atoms with Gasteiger partial charge in [0.05, 0.1) is 12.0 Å². The minimum absolute atomic E-state index is 0.00570. The van der Waals surface area contributed by atoms with Crippen LogP contribution < -0.4 is 5.32 Å². The Hall–Kier alpha value is -2.18. The first kappa shape index (κ1) is 21.5. The second-order valence-corrected chi connectivity index (χ2v) is 8.59. The van der Waals surface area contributed by atoms with Crippen LogP contribution >= 0.6 is 15.9 Å². The fourth-order valence-electron chi connectivity index (χ4n) is 3.96. The fraction of sp³-hybridized carbons (Fsp3) is 0.391. The lowest BCUT2D eigenvalue weighted by Crippen LogP contribution is -2.50. The molecule has 1 aliphatic heterocycles. The summed E-state index contributed by atoms with van der Waals surface area (Å²) in [5.74, 6) is -0.240. The third-order valence-corrected chi connectivity index (χ3v) is 6.15. The minimum atomic E-state index is -0.660. The van der Waals surface area contributed by atoms with E-state index in [1.165, 1.54) is 4.90 Å². The summed E-state index contributed by atoms with van der Waals surface area (Å²) >= 11 is 3.46. The van der Waals surface area contributed by atoms with E-state index in [9.17, 15) is 9.59 Å². The maximum Gasteiger partial charge on any atom is 0.243 e. The van der Waals surface area contributed by atoms with Gasteiger partial charge in [-0.05, 0) is 55.5 Å². The van der Waals surface area contributed by atoms with Gasteiger partial charge in [0.25, 0.3) is 0 Å². The number of aryl methyl sites for hydroxylation is 2. The molecule has 0 atom stereocenters. The Balaban J connectivity index is 1.77. The Morgan fingerprint density at radius 3 is 2.24 bits per heavy atom. The first-order valence-electron chi connectivity index (χ1n) is 9.79. The number of amides is 2. The SMILES string of the molecule is Cc1cccc(C)c1NC(=O)CN(C)C(=O)C1(c2ccc(Br)cc2)CCOCC1. The van der Waals surface area contributed by atoms with E-state index in [1.807, 2.05) is 56.3 Å². The third kappa shape index (κ3) is 4.70. The van der Waals surface area contributed by atoms with Crippen LogP contribution in [0.25, 0.3) is 0 Å². The van der Waals surface area contributed by atoms with Gasteiger partial charge in [-0.15, -0.1) is 0 Å². The summed E-state index contributed by atoms with van der Waals surface area (Å²) in [5.41, 5.74) is 3.13. The Morgan fingerprint density at radius 1 is 1.07 bits per heavy atom. The molecule has 0 aliphatic carbocycles. The van der Waals surface area contributed by atoms with Crippen LogP contribution in [-0.4, -0.2) is 43.5 Å². The Kier molecular flexibility index (Phi) is 6.75. The molecule has 0 saturated carbocycles. The van der Waals surface area contributed by atoms with Crippen molar-refractivity contribution < 1.29 is 14.3 Å². The average Bonchev–Trinajstić information content (AvgIpc) is 2.71. The molecule has 1 N–H and O–H groups in total. The molecule has 2 aromatic rings. The molecule has 1 heterocycles. The summed E-state index contributed by atoms with van der Waals surface area (Å²) in [6, 6.07) is 13.8. The van der Waals surface area contributed by atoms with E-state index in [2.05, 4.69) is 21.2 Å². The van der Waals surface area contributed by atoms with Crippen molar-refractivity contribution in [3.05, 3.63) is 63.6 Å². The van der Waals surface area contributed by atoms with Crippen LogP contribution in [0.15, 0.2) is 46.9 Å². The predicted molar refractivity (Wildman–Crippen MR) is 118 cm³/mol. The van der Waals surface area contributed by atoms with Gasteiger partial charge in [-0.25, -0.2) is 0 Å². The molecule has 0 unspecified atom stereocenters. The van der Waals surface area contributed by atoms with Gasteiger partial charge < -0.3 is 15.0 Å². The summed E-state index contributed by atoms with van der Waals surface area (Å²) < 4.78 is 6.50. The molecule has 0 spiro atoms. The van der Waals surface area contributed by atoms with Crippen molar-refractivity contribution in [2.45, 2.75) is 32.1 Å². The summed E-state index contributed by atoms with van der Waals surface area (Å²) in [6.07, 6.45) is 1.21. The van der Waals surface area contributed by atoms with Crippen LogP contribution in [0.2, 0.25) is 0 Å². The second-order valence-electron chi connectivity index (χ2n) is 7.68. The number of carbonyl (C=O) groups is 2. The van der Waals surface area contributed by atoms with Crippen molar-refractivity contribution >= 4 is 33.4 Å². The zero-order chi connectivity index (χ0) is 21.0. The monoisotopic (exact) mass is 458 g/mol. The smallest absolute Gasteiger partial charge is 0.243 e. The third-order valence-electron chi connectivity index (χ3n) is 5.63. The predicted octanol–water partition coefficient (Wildman–Crippen LogP) is 4.21. The standard InChI is InChI=1S/C23H27BrN2O3/c1-16-5-4-6-17(2)21(16)25-20(27)15-26(3)22(28)23(11-13-29-14-12-23)18-7-9-19(24)10-8-18/h4-10H,11-15H2,1-3H3,(H,25,27). The maximum absolute atomic E-state index is 13.5. The largest absolute Gasteiger partial charge is 0.381 e. The lowest BCUT2D eigenvalue weighted by Gasteiger charge is -2.39. The zero-order valence-electron chi connectivity index (χ0n) is 17.1. The molecular weight excluding hydrogens is 432 g/mol. The molecule has 154 valence electrons. The quantitative estimate of drug-likeness (QED) is 0.729. The molecular formula is C23H27BrN2O3. The molecule has 5 nitrogen and oxygen atoms in total. The fourth-order valence-corrected chi connectivity index (χ4v) is 4.22.